The molecular weight excluding hydrogens is 348 g/mol. The first-order chi connectivity index (χ1) is 13.0. The highest BCUT2D eigenvalue weighted by Gasteiger charge is 2.35. The molecule has 0 aliphatic heterocycles. The SMILES string of the molecule is CCN(CC(=O)O)C1CC(NC(=O)c2ccc(OC)cc2OCC2CC2)C1. The van der Waals surface area contributed by atoms with E-state index < -0.39 is 5.97 Å². The van der Waals surface area contributed by atoms with E-state index >= 15 is 0 Å². The molecule has 0 radical (unpaired) electrons. The van der Waals surface area contributed by atoms with E-state index in [9.17, 15) is 9.59 Å². The van der Waals surface area contributed by atoms with Crippen LogP contribution in [0.5, 0.6) is 11.5 Å². The first-order valence-electron chi connectivity index (χ1n) is 9.57. The zero-order chi connectivity index (χ0) is 19.4. The summed E-state index contributed by atoms with van der Waals surface area (Å²) in [4.78, 5) is 25.6. The lowest BCUT2D eigenvalue weighted by molar-refractivity contribution is -0.139. The van der Waals surface area contributed by atoms with Crippen molar-refractivity contribution in [2.75, 3.05) is 26.8 Å². The van der Waals surface area contributed by atoms with Gasteiger partial charge in [0, 0.05) is 18.2 Å². The van der Waals surface area contributed by atoms with Crippen LogP contribution >= 0.6 is 0 Å². The van der Waals surface area contributed by atoms with Crippen molar-refractivity contribution in [1.82, 2.24) is 10.2 Å². The summed E-state index contributed by atoms with van der Waals surface area (Å²) in [6.45, 7) is 3.31. The lowest BCUT2D eigenvalue weighted by Gasteiger charge is -2.42. The molecule has 3 rings (SSSR count). The highest BCUT2D eigenvalue weighted by atomic mass is 16.5. The van der Waals surface area contributed by atoms with E-state index in [-0.39, 0.29) is 24.5 Å². The number of benzene rings is 1. The molecule has 7 heteroatoms. The van der Waals surface area contributed by atoms with Crippen LogP contribution in [0.15, 0.2) is 18.2 Å². The number of nitrogens with zero attached hydrogens (tertiary/aromatic N) is 1. The number of carboxylic acid groups (broad SMARTS) is 1. The summed E-state index contributed by atoms with van der Waals surface area (Å²) in [6, 6.07) is 5.51. The van der Waals surface area contributed by atoms with Gasteiger partial charge in [-0.05, 0) is 50.3 Å². The second kappa shape index (κ2) is 8.61. The normalized spacial score (nSPS) is 21.4. The Kier molecular flexibility index (Phi) is 6.21. The van der Waals surface area contributed by atoms with E-state index in [1.165, 1.54) is 12.8 Å². The zero-order valence-corrected chi connectivity index (χ0v) is 15.9. The molecule has 2 aliphatic carbocycles. The third-order valence-corrected chi connectivity index (χ3v) is 5.31. The van der Waals surface area contributed by atoms with Crippen molar-refractivity contribution in [1.29, 1.82) is 0 Å². The van der Waals surface area contributed by atoms with Gasteiger partial charge in [-0.1, -0.05) is 6.92 Å². The number of hydrogen-bond donors (Lipinski definition) is 2. The maximum atomic E-state index is 12.7. The Morgan fingerprint density at radius 1 is 1.30 bits per heavy atom. The molecule has 0 spiro atoms. The Bertz CT molecular complexity index is 683. The van der Waals surface area contributed by atoms with Crippen LogP contribution in [-0.4, -0.2) is 60.8 Å². The molecule has 1 aromatic carbocycles. The minimum absolute atomic E-state index is 0.0411. The van der Waals surface area contributed by atoms with Crippen LogP contribution in [0.1, 0.15) is 43.0 Å². The Balaban J connectivity index is 1.57. The molecule has 1 aromatic rings. The number of carbonyl (C=O) groups excluding carboxylic acids is 1. The van der Waals surface area contributed by atoms with Gasteiger partial charge >= 0.3 is 5.97 Å². The number of nitrogens with one attached hydrogen (secondary N) is 1. The molecule has 0 heterocycles. The number of methoxy groups -OCH3 is 1. The van der Waals surface area contributed by atoms with Gasteiger partial charge in [0.15, 0.2) is 0 Å². The van der Waals surface area contributed by atoms with Crippen molar-refractivity contribution >= 4 is 11.9 Å². The quantitative estimate of drug-likeness (QED) is 0.651. The van der Waals surface area contributed by atoms with E-state index in [1.807, 2.05) is 11.8 Å². The van der Waals surface area contributed by atoms with E-state index in [4.69, 9.17) is 14.6 Å². The van der Waals surface area contributed by atoms with Gasteiger partial charge in [0.05, 0.1) is 25.8 Å². The predicted molar refractivity (Wildman–Crippen MR) is 100 cm³/mol. The number of carbonyl (C=O) groups is 2. The molecule has 2 N–H and O–H groups in total. The highest BCUT2D eigenvalue weighted by Crippen LogP contribution is 2.32. The lowest BCUT2D eigenvalue weighted by Crippen LogP contribution is -2.54. The first-order valence-corrected chi connectivity index (χ1v) is 9.57. The van der Waals surface area contributed by atoms with Crippen molar-refractivity contribution in [2.45, 2.75) is 44.7 Å². The molecule has 7 nitrogen and oxygen atoms in total. The molecular formula is C20H28N2O5. The molecule has 2 aliphatic rings. The van der Waals surface area contributed by atoms with Crippen LogP contribution in [-0.2, 0) is 4.79 Å². The van der Waals surface area contributed by atoms with Crippen molar-refractivity contribution in [2.24, 2.45) is 5.92 Å². The summed E-state index contributed by atoms with van der Waals surface area (Å²) in [5.74, 6) is 0.825. The fraction of sp³-hybridized carbons (Fsp3) is 0.600. The molecule has 148 valence electrons. The fourth-order valence-electron chi connectivity index (χ4n) is 3.37. The maximum Gasteiger partial charge on any atom is 0.317 e. The van der Waals surface area contributed by atoms with Gasteiger partial charge < -0.3 is 19.9 Å². The number of aliphatic carboxylic acids is 1. The maximum absolute atomic E-state index is 12.7. The molecule has 0 bridgehead atoms. The Hall–Kier alpha value is -2.28. The number of ether oxygens (including phenoxy) is 2. The van der Waals surface area contributed by atoms with E-state index in [2.05, 4.69) is 5.32 Å². The second-order valence-corrected chi connectivity index (χ2v) is 7.37. The summed E-state index contributed by atoms with van der Waals surface area (Å²) >= 11 is 0. The summed E-state index contributed by atoms with van der Waals surface area (Å²) < 4.78 is 11.1. The topological polar surface area (TPSA) is 88.1 Å². The van der Waals surface area contributed by atoms with E-state index in [1.54, 1.807) is 25.3 Å². The predicted octanol–water partition coefficient (Wildman–Crippen LogP) is 2.15. The van der Waals surface area contributed by atoms with Crippen LogP contribution in [0.3, 0.4) is 0 Å². The van der Waals surface area contributed by atoms with Gasteiger partial charge in [0.25, 0.3) is 5.91 Å². The molecule has 27 heavy (non-hydrogen) atoms. The minimum Gasteiger partial charge on any atom is -0.497 e. The van der Waals surface area contributed by atoms with Crippen LogP contribution in [0.4, 0.5) is 0 Å². The third kappa shape index (κ3) is 5.13. The molecule has 0 atom stereocenters. The number of rotatable bonds is 10. The molecule has 0 aromatic heterocycles. The van der Waals surface area contributed by atoms with E-state index in [0.717, 1.165) is 12.8 Å². The van der Waals surface area contributed by atoms with Gasteiger partial charge in [0.1, 0.15) is 11.5 Å². The van der Waals surface area contributed by atoms with Crippen molar-refractivity contribution in [3.05, 3.63) is 23.8 Å². The summed E-state index contributed by atoms with van der Waals surface area (Å²) in [7, 11) is 1.59. The van der Waals surface area contributed by atoms with Gasteiger partial charge in [-0.2, -0.15) is 0 Å². The van der Waals surface area contributed by atoms with Crippen molar-refractivity contribution in [3.8, 4) is 11.5 Å². The van der Waals surface area contributed by atoms with Crippen LogP contribution in [0.2, 0.25) is 0 Å². The van der Waals surface area contributed by atoms with Gasteiger partial charge in [0.2, 0.25) is 0 Å². The monoisotopic (exact) mass is 376 g/mol. The Morgan fingerprint density at radius 3 is 2.63 bits per heavy atom. The number of hydrogen-bond acceptors (Lipinski definition) is 5. The van der Waals surface area contributed by atoms with Crippen LogP contribution < -0.4 is 14.8 Å². The Morgan fingerprint density at radius 2 is 2.04 bits per heavy atom. The molecule has 0 saturated heterocycles. The summed E-state index contributed by atoms with van der Waals surface area (Å²) in [6.07, 6.45) is 3.89. The van der Waals surface area contributed by atoms with Crippen molar-refractivity contribution in [3.63, 3.8) is 0 Å². The number of carboxylic acids is 1. The molecule has 2 fully saturated rings. The summed E-state index contributed by atoms with van der Waals surface area (Å²) in [5, 5.41) is 12.0. The number of amides is 1. The lowest BCUT2D eigenvalue weighted by atomic mass is 9.85. The summed E-state index contributed by atoms with van der Waals surface area (Å²) in [5.41, 5.74) is 0.512. The Labute approximate surface area is 159 Å². The highest BCUT2D eigenvalue weighted by molar-refractivity contribution is 5.97. The number of likely N-dealkylation sites (N-methyl/N-ethyl adjacent to an activating group) is 1. The second-order valence-electron chi connectivity index (χ2n) is 7.37. The fourth-order valence-corrected chi connectivity index (χ4v) is 3.37. The van der Waals surface area contributed by atoms with Crippen LogP contribution in [0, 0.1) is 5.92 Å². The van der Waals surface area contributed by atoms with Crippen LogP contribution in [0.25, 0.3) is 0 Å². The molecule has 1 amide bonds. The van der Waals surface area contributed by atoms with Gasteiger partial charge in [-0.3, -0.25) is 14.5 Å². The smallest absolute Gasteiger partial charge is 0.317 e. The standard InChI is InChI=1S/C20H28N2O5/c1-3-22(11-19(23)24)15-8-14(9-15)21-20(25)17-7-6-16(26-2)10-18(17)27-12-13-4-5-13/h6-7,10,13-15H,3-5,8-9,11-12H2,1-2H3,(H,21,25)(H,23,24). The third-order valence-electron chi connectivity index (χ3n) is 5.31. The average molecular weight is 376 g/mol. The average Bonchev–Trinajstić information content (AvgIpc) is 3.44. The van der Waals surface area contributed by atoms with E-state index in [0.29, 0.717) is 36.1 Å². The molecule has 2 saturated carbocycles. The van der Waals surface area contributed by atoms with Gasteiger partial charge in [-0.25, -0.2) is 0 Å². The first kappa shape index (κ1) is 19.5. The van der Waals surface area contributed by atoms with Gasteiger partial charge in [-0.15, -0.1) is 0 Å². The van der Waals surface area contributed by atoms with Crippen molar-refractivity contribution < 1.29 is 24.2 Å². The minimum atomic E-state index is -0.819. The zero-order valence-electron chi connectivity index (χ0n) is 15.9. The molecule has 0 unspecified atom stereocenters. The largest absolute Gasteiger partial charge is 0.497 e.